The van der Waals surface area contributed by atoms with Crippen molar-refractivity contribution in [1.82, 2.24) is 5.32 Å². The standard InChI is InChI=1S/C13H17BrN2O/c1-9(10-2-3-10)16-13(17)8-15-12-6-4-11(14)5-7-12/h4-7,9-10,15H,2-3,8H2,1H3,(H,16,17)/t9-/m0/s1. The average Bonchev–Trinajstić information content (AvgIpc) is 3.12. The number of halogens is 1. The van der Waals surface area contributed by atoms with Crippen LogP contribution in [0, 0.1) is 5.92 Å². The molecule has 17 heavy (non-hydrogen) atoms. The summed E-state index contributed by atoms with van der Waals surface area (Å²) in [6, 6.07) is 8.11. The van der Waals surface area contributed by atoms with E-state index in [0.717, 1.165) is 10.2 Å². The van der Waals surface area contributed by atoms with Crippen LogP contribution in [0.3, 0.4) is 0 Å². The SMILES string of the molecule is C[C@H](NC(=O)CNc1ccc(Br)cc1)C1CC1. The first-order chi connectivity index (χ1) is 8.15. The van der Waals surface area contributed by atoms with Gasteiger partial charge in [-0.2, -0.15) is 0 Å². The third-order valence-corrected chi connectivity index (χ3v) is 3.54. The van der Waals surface area contributed by atoms with Crippen LogP contribution in [0.25, 0.3) is 0 Å². The summed E-state index contributed by atoms with van der Waals surface area (Å²) >= 11 is 3.37. The van der Waals surface area contributed by atoms with Crippen LogP contribution < -0.4 is 10.6 Å². The zero-order valence-corrected chi connectivity index (χ0v) is 11.5. The summed E-state index contributed by atoms with van der Waals surface area (Å²) in [4.78, 5) is 11.6. The van der Waals surface area contributed by atoms with Gasteiger partial charge in [0.25, 0.3) is 0 Å². The molecular weight excluding hydrogens is 280 g/mol. The molecule has 1 aliphatic carbocycles. The maximum Gasteiger partial charge on any atom is 0.239 e. The number of anilines is 1. The number of carbonyl (C=O) groups excluding carboxylic acids is 1. The van der Waals surface area contributed by atoms with Crippen LogP contribution in [0.15, 0.2) is 28.7 Å². The molecule has 0 heterocycles. The Hall–Kier alpha value is -1.03. The lowest BCUT2D eigenvalue weighted by Crippen LogP contribution is -2.37. The summed E-state index contributed by atoms with van der Waals surface area (Å²) in [6.45, 7) is 2.41. The largest absolute Gasteiger partial charge is 0.376 e. The summed E-state index contributed by atoms with van der Waals surface area (Å²) in [5, 5.41) is 6.12. The molecular formula is C13H17BrN2O. The van der Waals surface area contributed by atoms with Crippen molar-refractivity contribution < 1.29 is 4.79 Å². The monoisotopic (exact) mass is 296 g/mol. The number of nitrogens with one attached hydrogen (secondary N) is 2. The Morgan fingerprint density at radius 3 is 2.65 bits per heavy atom. The van der Waals surface area contributed by atoms with Gasteiger partial charge in [-0.1, -0.05) is 15.9 Å². The summed E-state index contributed by atoms with van der Waals surface area (Å²) in [6.07, 6.45) is 2.50. The molecule has 0 bridgehead atoms. The lowest BCUT2D eigenvalue weighted by Gasteiger charge is -2.13. The van der Waals surface area contributed by atoms with Gasteiger partial charge in [-0.25, -0.2) is 0 Å². The Morgan fingerprint density at radius 1 is 1.41 bits per heavy atom. The molecule has 1 amide bonds. The molecule has 0 saturated heterocycles. The van der Waals surface area contributed by atoms with Crippen LogP contribution in [0.2, 0.25) is 0 Å². The van der Waals surface area contributed by atoms with Crippen LogP contribution in [-0.4, -0.2) is 18.5 Å². The topological polar surface area (TPSA) is 41.1 Å². The van der Waals surface area contributed by atoms with Crippen molar-refractivity contribution in [3.63, 3.8) is 0 Å². The molecule has 1 aromatic rings. The molecule has 1 atom stereocenters. The molecule has 1 aromatic carbocycles. The van der Waals surface area contributed by atoms with E-state index in [0.29, 0.717) is 18.5 Å². The van der Waals surface area contributed by atoms with Gasteiger partial charge in [-0.05, 0) is 49.9 Å². The van der Waals surface area contributed by atoms with Crippen LogP contribution in [0.4, 0.5) is 5.69 Å². The number of carbonyl (C=O) groups is 1. The summed E-state index contributed by atoms with van der Waals surface area (Å²) in [7, 11) is 0. The molecule has 2 rings (SSSR count). The molecule has 1 aliphatic rings. The maximum atomic E-state index is 11.6. The molecule has 0 radical (unpaired) electrons. The zero-order chi connectivity index (χ0) is 12.3. The van der Waals surface area contributed by atoms with Gasteiger partial charge in [0.1, 0.15) is 0 Å². The van der Waals surface area contributed by atoms with Gasteiger partial charge in [-0.3, -0.25) is 4.79 Å². The smallest absolute Gasteiger partial charge is 0.239 e. The number of hydrogen-bond acceptors (Lipinski definition) is 2. The van der Waals surface area contributed by atoms with Gasteiger partial charge in [0.2, 0.25) is 5.91 Å². The lowest BCUT2D eigenvalue weighted by atomic mass is 10.2. The summed E-state index contributed by atoms with van der Waals surface area (Å²) in [5.41, 5.74) is 0.961. The van der Waals surface area contributed by atoms with E-state index in [9.17, 15) is 4.79 Å². The molecule has 2 N–H and O–H groups in total. The van der Waals surface area contributed by atoms with Gasteiger partial charge in [-0.15, -0.1) is 0 Å². The molecule has 3 nitrogen and oxygen atoms in total. The van der Waals surface area contributed by atoms with E-state index in [4.69, 9.17) is 0 Å². The molecule has 92 valence electrons. The Labute approximate surface area is 110 Å². The van der Waals surface area contributed by atoms with Crippen LogP contribution in [0.5, 0.6) is 0 Å². The van der Waals surface area contributed by atoms with Crippen molar-refractivity contribution in [2.24, 2.45) is 5.92 Å². The first-order valence-electron chi connectivity index (χ1n) is 5.94. The molecule has 1 saturated carbocycles. The molecule has 0 unspecified atom stereocenters. The molecule has 0 aliphatic heterocycles. The fraction of sp³-hybridized carbons (Fsp3) is 0.462. The molecule has 1 fully saturated rings. The predicted octanol–water partition coefficient (Wildman–Crippen LogP) is 2.78. The van der Waals surface area contributed by atoms with Crippen molar-refractivity contribution in [3.8, 4) is 0 Å². The predicted molar refractivity (Wildman–Crippen MR) is 73.0 cm³/mol. The third kappa shape index (κ3) is 4.04. The van der Waals surface area contributed by atoms with Crippen LogP contribution in [0.1, 0.15) is 19.8 Å². The first kappa shape index (κ1) is 12.4. The molecule has 0 spiro atoms. The third-order valence-electron chi connectivity index (χ3n) is 3.02. The van der Waals surface area contributed by atoms with Gasteiger partial charge < -0.3 is 10.6 Å². The van der Waals surface area contributed by atoms with Crippen LogP contribution in [-0.2, 0) is 4.79 Å². The number of benzene rings is 1. The number of hydrogen-bond donors (Lipinski definition) is 2. The Kier molecular flexibility index (Phi) is 4.05. The average molecular weight is 297 g/mol. The van der Waals surface area contributed by atoms with E-state index in [2.05, 4.69) is 33.5 Å². The normalized spacial score (nSPS) is 16.4. The second kappa shape index (κ2) is 5.54. The highest BCUT2D eigenvalue weighted by molar-refractivity contribution is 9.10. The summed E-state index contributed by atoms with van der Waals surface area (Å²) in [5.74, 6) is 0.763. The first-order valence-corrected chi connectivity index (χ1v) is 6.73. The van der Waals surface area contributed by atoms with E-state index in [1.807, 2.05) is 24.3 Å². The minimum absolute atomic E-state index is 0.0623. The fourth-order valence-electron chi connectivity index (χ4n) is 1.77. The Bertz CT molecular complexity index is 387. The quantitative estimate of drug-likeness (QED) is 0.877. The lowest BCUT2D eigenvalue weighted by molar-refractivity contribution is -0.120. The van der Waals surface area contributed by atoms with E-state index in [1.165, 1.54) is 12.8 Å². The zero-order valence-electron chi connectivity index (χ0n) is 9.87. The fourth-order valence-corrected chi connectivity index (χ4v) is 2.03. The van der Waals surface area contributed by atoms with Crippen molar-refractivity contribution in [1.29, 1.82) is 0 Å². The molecule has 4 heteroatoms. The highest BCUT2D eigenvalue weighted by Gasteiger charge is 2.28. The highest BCUT2D eigenvalue weighted by atomic mass is 79.9. The van der Waals surface area contributed by atoms with E-state index < -0.39 is 0 Å². The highest BCUT2D eigenvalue weighted by Crippen LogP contribution is 2.32. The van der Waals surface area contributed by atoms with Crippen molar-refractivity contribution in [2.75, 3.05) is 11.9 Å². The van der Waals surface area contributed by atoms with Gasteiger partial charge in [0.15, 0.2) is 0 Å². The Morgan fingerprint density at radius 2 is 2.06 bits per heavy atom. The number of rotatable bonds is 5. The second-order valence-electron chi connectivity index (χ2n) is 4.55. The second-order valence-corrected chi connectivity index (χ2v) is 5.47. The van der Waals surface area contributed by atoms with E-state index in [-0.39, 0.29) is 5.91 Å². The summed E-state index contributed by atoms with van der Waals surface area (Å²) < 4.78 is 1.04. The number of amides is 1. The van der Waals surface area contributed by atoms with Gasteiger partial charge in [0.05, 0.1) is 6.54 Å². The van der Waals surface area contributed by atoms with E-state index >= 15 is 0 Å². The van der Waals surface area contributed by atoms with Crippen LogP contribution >= 0.6 is 15.9 Å². The van der Waals surface area contributed by atoms with E-state index in [1.54, 1.807) is 0 Å². The minimum Gasteiger partial charge on any atom is -0.376 e. The van der Waals surface area contributed by atoms with Gasteiger partial charge in [0, 0.05) is 16.2 Å². The minimum atomic E-state index is 0.0623. The maximum absolute atomic E-state index is 11.6. The van der Waals surface area contributed by atoms with Crippen molar-refractivity contribution in [3.05, 3.63) is 28.7 Å². The molecule has 0 aromatic heterocycles. The van der Waals surface area contributed by atoms with Crippen molar-refractivity contribution >= 4 is 27.5 Å². The van der Waals surface area contributed by atoms with Crippen molar-refractivity contribution in [2.45, 2.75) is 25.8 Å². The van der Waals surface area contributed by atoms with Gasteiger partial charge >= 0.3 is 0 Å². The Balaban J connectivity index is 1.73.